The maximum atomic E-state index is 10.6. The second-order valence-electron chi connectivity index (χ2n) is 10.8. The molecule has 0 radical (unpaired) electrons. The van der Waals surface area contributed by atoms with E-state index in [0.717, 1.165) is 63.2 Å². The Kier molecular flexibility index (Phi) is 22.4. The molecule has 2 aromatic rings. The Morgan fingerprint density at radius 2 is 0.816 bits per heavy atom. The summed E-state index contributed by atoms with van der Waals surface area (Å²) in [5.41, 5.74) is 13.3. The molecule has 0 heterocycles. The van der Waals surface area contributed by atoms with Crippen molar-refractivity contribution in [2.24, 2.45) is 11.5 Å². The first-order valence-corrected chi connectivity index (χ1v) is 15.6. The fourth-order valence-corrected chi connectivity index (χ4v) is 3.94. The predicted octanol–water partition coefficient (Wildman–Crippen LogP) is 7.66. The van der Waals surface area contributed by atoms with E-state index in [9.17, 15) is 26.3 Å². The van der Waals surface area contributed by atoms with Crippen molar-refractivity contribution in [1.82, 2.24) is 0 Å². The summed E-state index contributed by atoms with van der Waals surface area (Å²) in [6.45, 7) is 1.54. The molecule has 10 nitrogen and oxygen atoms in total. The topological polar surface area (TPSA) is 193 Å². The number of hydrogen-bond donors (Lipinski definition) is 6. The number of aliphatic carboxylic acids is 2. The van der Waals surface area contributed by atoms with Crippen LogP contribution in [0.25, 0.3) is 0 Å². The molecule has 0 fully saturated rings. The van der Waals surface area contributed by atoms with Crippen LogP contribution in [0.15, 0.2) is 48.5 Å². The van der Waals surface area contributed by atoms with Crippen molar-refractivity contribution in [3.63, 3.8) is 0 Å². The number of nitrogens with one attached hydrogen (secondary N) is 2. The summed E-state index contributed by atoms with van der Waals surface area (Å²) in [5, 5.41) is 28.8. The highest BCUT2D eigenvalue weighted by Crippen LogP contribution is 2.17. The van der Waals surface area contributed by atoms with Gasteiger partial charge in [0.25, 0.3) is 0 Å². The Balaban J connectivity index is 0.00000137. The fourth-order valence-electron chi connectivity index (χ4n) is 3.94. The third kappa shape index (κ3) is 26.2. The summed E-state index contributed by atoms with van der Waals surface area (Å²) in [6.07, 6.45) is 3.25. The number of halogens is 6. The Labute approximate surface area is 281 Å². The first-order valence-electron chi connectivity index (χ1n) is 15.6. The molecule has 8 N–H and O–H groups in total. The molecular weight excluding hydrogens is 662 g/mol. The lowest BCUT2D eigenvalue weighted by atomic mass is 10.1. The van der Waals surface area contributed by atoms with E-state index in [4.69, 9.17) is 51.6 Å². The summed E-state index contributed by atoms with van der Waals surface area (Å²) in [5.74, 6) is -3.13. The fraction of sp³-hybridized carbons (Fsp3) is 0.515. The summed E-state index contributed by atoms with van der Waals surface area (Å²) in [6, 6.07) is 16.6. The normalized spacial score (nSPS) is 10.9. The predicted molar refractivity (Wildman–Crippen MR) is 173 cm³/mol. The monoisotopic (exact) mass is 708 g/mol. The molecule has 0 saturated carbocycles. The summed E-state index contributed by atoms with van der Waals surface area (Å²) < 4.78 is 75.2. The van der Waals surface area contributed by atoms with Gasteiger partial charge < -0.3 is 31.2 Å². The zero-order valence-corrected chi connectivity index (χ0v) is 27.2. The number of carboxylic acid groups (broad SMARTS) is 2. The van der Waals surface area contributed by atoms with Crippen molar-refractivity contribution in [3.8, 4) is 11.5 Å². The molecule has 0 unspecified atom stereocenters. The third-order valence-electron chi connectivity index (χ3n) is 6.48. The minimum atomic E-state index is -5.08. The molecule has 0 saturated heterocycles. The van der Waals surface area contributed by atoms with Crippen molar-refractivity contribution in [1.29, 1.82) is 10.8 Å². The van der Waals surface area contributed by atoms with Crippen LogP contribution in [0.3, 0.4) is 0 Å². The van der Waals surface area contributed by atoms with Gasteiger partial charge in [0.15, 0.2) is 0 Å². The van der Waals surface area contributed by atoms with Crippen molar-refractivity contribution in [3.05, 3.63) is 59.7 Å². The maximum absolute atomic E-state index is 10.6. The molecule has 0 bridgehead atoms. The van der Waals surface area contributed by atoms with Gasteiger partial charge in [-0.05, 0) is 73.9 Å². The quantitative estimate of drug-likeness (QED) is 0.0349. The molecule has 0 amide bonds. The standard InChI is InChI=1S/C29H44N4O2.2C2HF3O2/c30-28(31)12-8-10-24-14-18-26(19-15-24)34-22-6-4-2-1-3-5-7-23-35-27-20-16-25(17-21-27)11-9-13-29(32)33;2*3-2(4,5)1(6)7/h14-21H,1-13,22-23H2,(H3,30,31)(H3,32,33);2*(H,6,7). The molecule has 0 aliphatic carbocycles. The number of benzene rings is 2. The molecule has 0 aliphatic rings. The van der Waals surface area contributed by atoms with Crippen LogP contribution in [0.5, 0.6) is 11.5 Å². The average Bonchev–Trinajstić information content (AvgIpc) is 3.00. The van der Waals surface area contributed by atoms with Crippen LogP contribution < -0.4 is 20.9 Å². The highest BCUT2D eigenvalue weighted by atomic mass is 19.4. The van der Waals surface area contributed by atoms with Crippen molar-refractivity contribution in [2.75, 3.05) is 13.2 Å². The number of alkyl halides is 6. The first kappa shape index (κ1) is 44.5. The average molecular weight is 709 g/mol. The third-order valence-corrected chi connectivity index (χ3v) is 6.48. The number of unbranched alkanes of at least 4 members (excludes halogenated alkanes) is 6. The number of carbonyl (C=O) groups is 2. The van der Waals surface area contributed by atoms with Gasteiger partial charge in [-0.1, -0.05) is 56.4 Å². The summed E-state index contributed by atoms with van der Waals surface area (Å²) in [4.78, 5) is 17.8. The van der Waals surface area contributed by atoms with Gasteiger partial charge in [-0.3, -0.25) is 10.8 Å². The highest BCUT2D eigenvalue weighted by Gasteiger charge is 2.38. The van der Waals surface area contributed by atoms with Gasteiger partial charge in [0.2, 0.25) is 0 Å². The lowest BCUT2D eigenvalue weighted by molar-refractivity contribution is -0.193. The molecular formula is C33H46F6N4O6. The minimum Gasteiger partial charge on any atom is -0.494 e. The van der Waals surface area contributed by atoms with Gasteiger partial charge in [-0.25, -0.2) is 9.59 Å². The molecule has 2 aromatic carbocycles. The number of carboxylic acids is 2. The maximum Gasteiger partial charge on any atom is 0.490 e. The smallest absolute Gasteiger partial charge is 0.490 e. The lowest BCUT2D eigenvalue weighted by Crippen LogP contribution is -2.21. The van der Waals surface area contributed by atoms with Crippen molar-refractivity contribution in [2.45, 2.75) is 95.8 Å². The highest BCUT2D eigenvalue weighted by molar-refractivity contribution is 5.77. The van der Waals surface area contributed by atoms with E-state index in [1.807, 2.05) is 24.3 Å². The molecule has 0 spiro atoms. The Morgan fingerprint density at radius 1 is 0.551 bits per heavy atom. The van der Waals surface area contributed by atoms with Crippen LogP contribution in [-0.2, 0) is 22.4 Å². The van der Waals surface area contributed by atoms with Crippen LogP contribution in [-0.4, -0.2) is 59.4 Å². The lowest BCUT2D eigenvalue weighted by Gasteiger charge is -2.08. The largest absolute Gasteiger partial charge is 0.494 e. The summed E-state index contributed by atoms with van der Waals surface area (Å²) >= 11 is 0. The molecule has 16 heteroatoms. The summed E-state index contributed by atoms with van der Waals surface area (Å²) in [7, 11) is 0. The molecule has 2 rings (SSSR count). The van der Waals surface area contributed by atoms with Crippen LogP contribution >= 0.6 is 0 Å². The van der Waals surface area contributed by atoms with Crippen molar-refractivity contribution < 1.29 is 55.6 Å². The van der Waals surface area contributed by atoms with E-state index >= 15 is 0 Å². The van der Waals surface area contributed by atoms with E-state index in [0.29, 0.717) is 12.8 Å². The molecule has 49 heavy (non-hydrogen) atoms. The van der Waals surface area contributed by atoms with Crippen molar-refractivity contribution >= 4 is 23.6 Å². The van der Waals surface area contributed by atoms with Gasteiger partial charge in [0.05, 0.1) is 24.9 Å². The second kappa shape index (κ2) is 24.6. The van der Waals surface area contributed by atoms with Gasteiger partial charge in [0.1, 0.15) is 11.5 Å². The second-order valence-corrected chi connectivity index (χ2v) is 10.8. The van der Waals surface area contributed by atoms with Gasteiger partial charge in [0, 0.05) is 12.8 Å². The number of amidine groups is 2. The van der Waals surface area contributed by atoms with Crippen LogP contribution in [0, 0.1) is 10.8 Å². The minimum absolute atomic E-state index is 0.260. The zero-order valence-electron chi connectivity index (χ0n) is 27.2. The van der Waals surface area contributed by atoms with E-state index in [-0.39, 0.29) is 11.7 Å². The Morgan fingerprint density at radius 3 is 1.06 bits per heavy atom. The number of ether oxygens (including phenoxy) is 2. The number of hydrogen-bond acceptors (Lipinski definition) is 6. The van der Waals surface area contributed by atoms with Gasteiger partial charge in [-0.2, -0.15) is 26.3 Å². The Bertz CT molecular complexity index is 1140. The number of aryl methyl sites for hydroxylation is 2. The van der Waals surface area contributed by atoms with Crippen LogP contribution in [0.4, 0.5) is 26.3 Å². The molecule has 0 aromatic heterocycles. The van der Waals surface area contributed by atoms with Crippen LogP contribution in [0.1, 0.15) is 81.8 Å². The molecule has 0 aliphatic heterocycles. The number of rotatable bonds is 20. The van der Waals surface area contributed by atoms with Crippen LogP contribution in [0.2, 0.25) is 0 Å². The number of nitrogens with two attached hydrogens (primary N) is 2. The van der Waals surface area contributed by atoms with Gasteiger partial charge in [-0.15, -0.1) is 0 Å². The molecule has 276 valence electrons. The van der Waals surface area contributed by atoms with E-state index < -0.39 is 24.3 Å². The zero-order chi connectivity index (χ0) is 37.3. The molecule has 0 atom stereocenters. The van der Waals surface area contributed by atoms with E-state index in [1.165, 1.54) is 43.2 Å². The SMILES string of the molecule is N=C(N)CCCc1ccc(OCCCCCCCCCOc2ccc(CCCC(=N)N)cc2)cc1.O=C(O)C(F)(F)F.O=C(O)C(F)(F)F. The Hall–Kier alpha value is -4.50. The van der Waals surface area contributed by atoms with Gasteiger partial charge >= 0.3 is 24.3 Å². The first-order chi connectivity index (χ1) is 22.9. The van der Waals surface area contributed by atoms with E-state index in [1.54, 1.807) is 0 Å². The van der Waals surface area contributed by atoms with E-state index in [2.05, 4.69) is 24.3 Å².